The van der Waals surface area contributed by atoms with Crippen LogP contribution >= 0.6 is 0 Å². The maximum Gasteiger partial charge on any atom is 0.155 e. The third-order valence-electron chi connectivity index (χ3n) is 3.99. The molecule has 1 unspecified atom stereocenters. The Hall–Kier alpha value is -0.600. The van der Waals surface area contributed by atoms with E-state index in [-0.39, 0.29) is 5.60 Å². The van der Waals surface area contributed by atoms with E-state index >= 15 is 0 Å². The highest BCUT2D eigenvalue weighted by atomic mass is 16.6. The first-order valence-corrected chi connectivity index (χ1v) is 5.84. The molecule has 15 heavy (non-hydrogen) atoms. The van der Waals surface area contributed by atoms with E-state index in [1.54, 1.807) is 0 Å². The lowest BCUT2D eigenvalue weighted by molar-refractivity contribution is -0.231. The summed E-state index contributed by atoms with van der Waals surface area (Å²) in [5.41, 5.74) is -0.207. The normalized spacial score (nSPS) is 39.1. The van der Waals surface area contributed by atoms with E-state index in [9.17, 15) is 5.11 Å². The number of aliphatic hydroxyl groups is 1. The van der Waals surface area contributed by atoms with Crippen molar-refractivity contribution in [2.24, 2.45) is 11.8 Å². The van der Waals surface area contributed by atoms with Gasteiger partial charge in [0.1, 0.15) is 0 Å². The molecule has 2 rings (SSSR count). The van der Waals surface area contributed by atoms with E-state index < -0.39 is 6.29 Å². The van der Waals surface area contributed by atoms with Crippen LogP contribution in [0.15, 0.2) is 25.3 Å². The van der Waals surface area contributed by atoms with Gasteiger partial charge in [0.05, 0.1) is 5.60 Å². The molecule has 1 aliphatic heterocycles. The van der Waals surface area contributed by atoms with Crippen LogP contribution < -0.4 is 0 Å². The molecule has 1 saturated carbocycles. The van der Waals surface area contributed by atoms with Gasteiger partial charge in [-0.1, -0.05) is 12.2 Å². The molecule has 3 atom stereocenters. The third-order valence-corrected chi connectivity index (χ3v) is 3.99. The minimum atomic E-state index is -0.596. The molecule has 0 aromatic heterocycles. The van der Waals surface area contributed by atoms with Gasteiger partial charge in [-0.2, -0.15) is 0 Å². The lowest BCUT2D eigenvalue weighted by Crippen LogP contribution is -2.47. The first kappa shape index (κ1) is 10.9. The van der Waals surface area contributed by atoms with E-state index in [4.69, 9.17) is 4.74 Å². The molecule has 1 saturated heterocycles. The Morgan fingerprint density at radius 2 is 1.73 bits per heavy atom. The highest BCUT2D eigenvalue weighted by molar-refractivity contribution is 5.11. The smallest absolute Gasteiger partial charge is 0.155 e. The summed E-state index contributed by atoms with van der Waals surface area (Å²) in [5.74, 6) is 0.742. The summed E-state index contributed by atoms with van der Waals surface area (Å²) in [7, 11) is 0. The van der Waals surface area contributed by atoms with E-state index in [0.29, 0.717) is 11.8 Å². The highest BCUT2D eigenvalue weighted by Gasteiger charge is 2.51. The van der Waals surface area contributed by atoms with Crippen molar-refractivity contribution < 1.29 is 9.84 Å². The summed E-state index contributed by atoms with van der Waals surface area (Å²) >= 11 is 0. The Morgan fingerprint density at radius 3 is 2.20 bits per heavy atom. The molecule has 0 aromatic carbocycles. The molecule has 2 heteroatoms. The summed E-state index contributed by atoms with van der Waals surface area (Å²) in [5, 5.41) is 9.67. The summed E-state index contributed by atoms with van der Waals surface area (Å²) in [6.45, 7) is 7.78. The number of hydrogen-bond donors (Lipinski definition) is 1. The molecule has 84 valence electrons. The molecule has 0 aromatic rings. The van der Waals surface area contributed by atoms with Gasteiger partial charge in [0.2, 0.25) is 0 Å². The van der Waals surface area contributed by atoms with Gasteiger partial charge in [-0.05, 0) is 32.1 Å². The van der Waals surface area contributed by atoms with Gasteiger partial charge in [-0.15, -0.1) is 13.2 Å². The van der Waals surface area contributed by atoms with Crippen LogP contribution in [0.4, 0.5) is 0 Å². The van der Waals surface area contributed by atoms with Crippen molar-refractivity contribution in [2.45, 2.75) is 44.0 Å². The molecule has 1 aliphatic carbocycles. The molecule has 0 amide bonds. The Bertz CT molecular complexity index is 243. The van der Waals surface area contributed by atoms with E-state index in [2.05, 4.69) is 13.2 Å². The molecule has 2 nitrogen and oxygen atoms in total. The summed E-state index contributed by atoms with van der Waals surface area (Å²) in [6, 6.07) is 0. The van der Waals surface area contributed by atoms with E-state index in [1.165, 1.54) is 0 Å². The summed E-state index contributed by atoms with van der Waals surface area (Å²) in [6.07, 6.45) is 8.41. The third kappa shape index (κ3) is 1.66. The van der Waals surface area contributed by atoms with Crippen molar-refractivity contribution >= 4 is 0 Å². The highest BCUT2D eigenvalue weighted by Crippen LogP contribution is 2.50. The average molecular weight is 208 g/mol. The fraction of sp³-hybridized carbons (Fsp3) is 0.692. The fourth-order valence-corrected chi connectivity index (χ4v) is 3.23. The summed E-state index contributed by atoms with van der Waals surface area (Å²) in [4.78, 5) is 0. The summed E-state index contributed by atoms with van der Waals surface area (Å²) < 4.78 is 5.85. The predicted octanol–water partition coefficient (Wildman–Crippen LogP) is 2.64. The quantitative estimate of drug-likeness (QED) is 0.707. The molecule has 2 aliphatic rings. The van der Waals surface area contributed by atoms with Gasteiger partial charge >= 0.3 is 0 Å². The largest absolute Gasteiger partial charge is 0.368 e. The van der Waals surface area contributed by atoms with Crippen molar-refractivity contribution in [1.82, 2.24) is 0 Å². The van der Waals surface area contributed by atoms with Gasteiger partial charge in [0.25, 0.3) is 0 Å². The first-order chi connectivity index (χ1) is 7.23. The Labute approximate surface area is 91.6 Å². The number of rotatable bonds is 2. The number of aliphatic hydroxyl groups excluding tert-OH is 1. The zero-order valence-electron chi connectivity index (χ0n) is 9.19. The van der Waals surface area contributed by atoms with E-state index in [1.807, 2.05) is 12.2 Å². The monoisotopic (exact) mass is 208 g/mol. The minimum absolute atomic E-state index is 0.207. The van der Waals surface area contributed by atoms with Crippen LogP contribution in [0, 0.1) is 11.8 Å². The second-order valence-corrected chi connectivity index (χ2v) is 4.68. The van der Waals surface area contributed by atoms with Gasteiger partial charge in [0.15, 0.2) is 6.29 Å². The van der Waals surface area contributed by atoms with Crippen LogP contribution in [0.3, 0.4) is 0 Å². The maximum absolute atomic E-state index is 9.67. The molecular weight excluding hydrogens is 188 g/mol. The van der Waals surface area contributed by atoms with Crippen molar-refractivity contribution in [1.29, 1.82) is 0 Å². The van der Waals surface area contributed by atoms with Crippen LogP contribution in [0.2, 0.25) is 0 Å². The minimum Gasteiger partial charge on any atom is -0.368 e. The molecule has 2 fully saturated rings. The average Bonchev–Trinajstić information content (AvgIpc) is 2.55. The van der Waals surface area contributed by atoms with E-state index in [0.717, 1.165) is 32.1 Å². The van der Waals surface area contributed by atoms with Crippen molar-refractivity contribution in [3.8, 4) is 0 Å². The topological polar surface area (TPSA) is 29.5 Å². The maximum atomic E-state index is 9.67. The van der Waals surface area contributed by atoms with Gasteiger partial charge in [-0.3, -0.25) is 0 Å². The van der Waals surface area contributed by atoms with Crippen molar-refractivity contribution in [2.75, 3.05) is 0 Å². The molecular formula is C13H20O2. The Kier molecular flexibility index (Phi) is 2.98. The van der Waals surface area contributed by atoms with Gasteiger partial charge in [0, 0.05) is 11.8 Å². The SMILES string of the molecule is C=C[C@@H]1CC[C@@H](C=C)C12CCCC(O)O2. The molecule has 1 N–H and O–H groups in total. The lowest BCUT2D eigenvalue weighted by atomic mass is 9.78. The first-order valence-electron chi connectivity index (χ1n) is 5.84. The zero-order chi connectivity index (χ0) is 10.9. The molecule has 0 radical (unpaired) electrons. The standard InChI is InChI=1S/C13H20O2/c1-3-10-7-8-11(4-2)13(10)9-5-6-12(14)15-13/h3-4,10-12,14H,1-2,5-9H2/t10-,11-,12?/m1/s1. The Morgan fingerprint density at radius 1 is 1.13 bits per heavy atom. The van der Waals surface area contributed by atoms with Gasteiger partial charge < -0.3 is 9.84 Å². The number of hydrogen-bond acceptors (Lipinski definition) is 2. The molecule has 0 bridgehead atoms. The molecule has 1 spiro atoms. The van der Waals surface area contributed by atoms with Crippen LogP contribution in [0.1, 0.15) is 32.1 Å². The zero-order valence-corrected chi connectivity index (χ0v) is 9.19. The lowest BCUT2D eigenvalue weighted by Gasteiger charge is -2.43. The second kappa shape index (κ2) is 4.11. The molecule has 1 heterocycles. The number of ether oxygens (including phenoxy) is 1. The predicted molar refractivity (Wildman–Crippen MR) is 60.3 cm³/mol. The van der Waals surface area contributed by atoms with Crippen LogP contribution in [-0.4, -0.2) is 17.0 Å². The van der Waals surface area contributed by atoms with Crippen molar-refractivity contribution in [3.05, 3.63) is 25.3 Å². The van der Waals surface area contributed by atoms with Crippen LogP contribution in [0.5, 0.6) is 0 Å². The van der Waals surface area contributed by atoms with Crippen LogP contribution in [-0.2, 0) is 4.74 Å². The van der Waals surface area contributed by atoms with Crippen LogP contribution in [0.25, 0.3) is 0 Å². The van der Waals surface area contributed by atoms with Gasteiger partial charge in [-0.25, -0.2) is 0 Å². The fourth-order valence-electron chi connectivity index (χ4n) is 3.23. The van der Waals surface area contributed by atoms with Crippen molar-refractivity contribution in [3.63, 3.8) is 0 Å². The Balaban J connectivity index is 2.26. The second-order valence-electron chi connectivity index (χ2n) is 4.68.